The molecule has 0 aliphatic rings. The Balaban J connectivity index is 2.42. The standard InChI is InChI=1S/C15H18N4O4S/c1-19(24(3,21)22)14-7-5-4-6-13(14)17-12-8-9-16-10-11(12)15(20)18-23-2/h4-10H,1-3H3,(H,16,17)(H,18,20). The second-order valence-corrected chi connectivity index (χ2v) is 6.94. The Morgan fingerprint density at radius 3 is 2.58 bits per heavy atom. The molecule has 0 bridgehead atoms. The molecule has 2 aromatic rings. The number of amides is 1. The van der Waals surface area contributed by atoms with Gasteiger partial charge in [-0.3, -0.25) is 18.9 Å². The third kappa shape index (κ3) is 4.00. The van der Waals surface area contributed by atoms with E-state index in [0.717, 1.165) is 10.6 Å². The fourth-order valence-electron chi connectivity index (χ4n) is 2.01. The van der Waals surface area contributed by atoms with Gasteiger partial charge in [-0.05, 0) is 18.2 Å². The van der Waals surface area contributed by atoms with Crippen LogP contribution >= 0.6 is 0 Å². The summed E-state index contributed by atoms with van der Waals surface area (Å²) in [6.45, 7) is 0. The first-order valence-electron chi connectivity index (χ1n) is 6.92. The van der Waals surface area contributed by atoms with E-state index in [1.54, 1.807) is 30.3 Å². The Hall–Kier alpha value is -2.65. The van der Waals surface area contributed by atoms with Crippen LogP contribution in [0.3, 0.4) is 0 Å². The Kier molecular flexibility index (Phi) is 5.37. The van der Waals surface area contributed by atoms with Crippen molar-refractivity contribution in [3.63, 3.8) is 0 Å². The van der Waals surface area contributed by atoms with Gasteiger partial charge in [0.25, 0.3) is 5.91 Å². The van der Waals surface area contributed by atoms with Gasteiger partial charge in [-0.25, -0.2) is 13.9 Å². The summed E-state index contributed by atoms with van der Waals surface area (Å²) in [5, 5.41) is 3.07. The number of sulfonamides is 1. The van der Waals surface area contributed by atoms with Crippen LogP contribution in [-0.4, -0.2) is 39.7 Å². The lowest BCUT2D eigenvalue weighted by Gasteiger charge is -2.21. The molecule has 2 rings (SSSR count). The molecule has 2 N–H and O–H groups in total. The highest BCUT2D eigenvalue weighted by molar-refractivity contribution is 7.92. The molecular formula is C15H18N4O4S. The number of nitrogens with zero attached hydrogens (tertiary/aromatic N) is 2. The van der Waals surface area contributed by atoms with Gasteiger partial charge < -0.3 is 5.32 Å². The van der Waals surface area contributed by atoms with Crippen molar-refractivity contribution in [1.82, 2.24) is 10.5 Å². The van der Waals surface area contributed by atoms with Crippen LogP contribution in [0.25, 0.3) is 0 Å². The van der Waals surface area contributed by atoms with E-state index in [2.05, 4.69) is 20.6 Å². The highest BCUT2D eigenvalue weighted by atomic mass is 32.2. The van der Waals surface area contributed by atoms with Crippen molar-refractivity contribution in [3.05, 3.63) is 48.3 Å². The number of rotatable bonds is 6. The van der Waals surface area contributed by atoms with Gasteiger partial charge in [-0.2, -0.15) is 0 Å². The summed E-state index contributed by atoms with van der Waals surface area (Å²) in [7, 11) is -0.634. The Labute approximate surface area is 140 Å². The molecule has 0 spiro atoms. The molecule has 0 aliphatic heterocycles. The minimum atomic E-state index is -3.42. The Morgan fingerprint density at radius 2 is 1.92 bits per heavy atom. The molecule has 24 heavy (non-hydrogen) atoms. The minimum absolute atomic E-state index is 0.260. The number of nitrogens with one attached hydrogen (secondary N) is 2. The molecule has 8 nitrogen and oxygen atoms in total. The van der Waals surface area contributed by atoms with Gasteiger partial charge in [-0.15, -0.1) is 0 Å². The number of hydrogen-bond donors (Lipinski definition) is 2. The lowest BCUT2D eigenvalue weighted by molar-refractivity contribution is 0.0538. The van der Waals surface area contributed by atoms with Crippen molar-refractivity contribution < 1.29 is 18.0 Å². The number of benzene rings is 1. The summed E-state index contributed by atoms with van der Waals surface area (Å²) in [5.41, 5.74) is 3.94. The van der Waals surface area contributed by atoms with E-state index in [9.17, 15) is 13.2 Å². The second kappa shape index (κ2) is 7.28. The SMILES string of the molecule is CONC(=O)c1cnccc1Nc1ccccc1N(C)S(C)(=O)=O. The van der Waals surface area contributed by atoms with Crippen LogP contribution in [0.1, 0.15) is 10.4 Å². The van der Waals surface area contributed by atoms with Gasteiger partial charge in [0, 0.05) is 19.4 Å². The first kappa shape index (κ1) is 17.7. The van der Waals surface area contributed by atoms with Crippen LogP contribution in [0, 0.1) is 0 Å². The highest BCUT2D eigenvalue weighted by Crippen LogP contribution is 2.30. The summed E-state index contributed by atoms with van der Waals surface area (Å²) in [6.07, 6.45) is 4.03. The monoisotopic (exact) mass is 350 g/mol. The van der Waals surface area contributed by atoms with Gasteiger partial charge in [0.15, 0.2) is 0 Å². The van der Waals surface area contributed by atoms with Gasteiger partial charge in [0.2, 0.25) is 10.0 Å². The van der Waals surface area contributed by atoms with E-state index in [4.69, 9.17) is 0 Å². The number of hydrogen-bond acceptors (Lipinski definition) is 6. The van der Waals surface area contributed by atoms with E-state index in [1.165, 1.54) is 26.6 Å². The van der Waals surface area contributed by atoms with Gasteiger partial charge in [-0.1, -0.05) is 12.1 Å². The average Bonchev–Trinajstić information content (AvgIpc) is 2.54. The molecule has 0 aliphatic carbocycles. The first-order valence-corrected chi connectivity index (χ1v) is 8.76. The van der Waals surface area contributed by atoms with Crippen LogP contribution in [-0.2, 0) is 14.9 Å². The third-order valence-electron chi connectivity index (χ3n) is 3.27. The molecular weight excluding hydrogens is 332 g/mol. The van der Waals surface area contributed by atoms with Crippen LogP contribution < -0.4 is 15.1 Å². The molecule has 0 saturated heterocycles. The van der Waals surface area contributed by atoms with Crippen molar-refractivity contribution in [1.29, 1.82) is 0 Å². The lowest BCUT2D eigenvalue weighted by Crippen LogP contribution is -2.26. The van der Waals surface area contributed by atoms with Crippen LogP contribution in [0.5, 0.6) is 0 Å². The predicted molar refractivity (Wildman–Crippen MR) is 91.7 cm³/mol. The molecule has 0 saturated carbocycles. The van der Waals surface area contributed by atoms with Gasteiger partial charge >= 0.3 is 0 Å². The molecule has 1 aromatic carbocycles. The number of hydroxylamine groups is 1. The van der Waals surface area contributed by atoms with Crippen LogP contribution in [0.2, 0.25) is 0 Å². The average molecular weight is 350 g/mol. The van der Waals surface area contributed by atoms with Crippen molar-refractivity contribution in [2.75, 3.05) is 30.0 Å². The molecule has 9 heteroatoms. The summed E-state index contributed by atoms with van der Waals surface area (Å²) in [6, 6.07) is 8.49. The van der Waals surface area contributed by atoms with Crippen molar-refractivity contribution in [2.24, 2.45) is 0 Å². The Morgan fingerprint density at radius 1 is 1.21 bits per heavy atom. The second-order valence-electron chi connectivity index (χ2n) is 4.93. The van der Waals surface area contributed by atoms with Gasteiger partial charge in [0.05, 0.1) is 36.0 Å². The molecule has 0 atom stereocenters. The summed E-state index contributed by atoms with van der Waals surface area (Å²) in [4.78, 5) is 20.6. The van der Waals surface area contributed by atoms with Crippen molar-refractivity contribution in [2.45, 2.75) is 0 Å². The minimum Gasteiger partial charge on any atom is -0.353 e. The molecule has 0 unspecified atom stereocenters. The zero-order valence-electron chi connectivity index (χ0n) is 13.5. The number of aromatic nitrogens is 1. The smallest absolute Gasteiger partial charge is 0.278 e. The summed E-state index contributed by atoms with van der Waals surface area (Å²) < 4.78 is 24.8. The van der Waals surface area contributed by atoms with E-state index in [0.29, 0.717) is 17.1 Å². The number of para-hydroxylation sites is 2. The molecule has 0 radical (unpaired) electrons. The molecule has 1 heterocycles. The largest absolute Gasteiger partial charge is 0.353 e. The van der Waals surface area contributed by atoms with Crippen LogP contribution in [0.15, 0.2) is 42.7 Å². The summed E-state index contributed by atoms with van der Waals surface area (Å²) >= 11 is 0. The predicted octanol–water partition coefficient (Wildman–Crippen LogP) is 1.51. The fourth-order valence-corrected chi connectivity index (χ4v) is 2.53. The van der Waals surface area contributed by atoms with Crippen molar-refractivity contribution >= 4 is 33.0 Å². The number of pyridine rings is 1. The molecule has 1 amide bonds. The van der Waals surface area contributed by atoms with E-state index in [-0.39, 0.29) is 5.56 Å². The quantitative estimate of drug-likeness (QED) is 0.766. The number of carbonyl (C=O) groups is 1. The van der Waals surface area contributed by atoms with Gasteiger partial charge in [0.1, 0.15) is 0 Å². The number of anilines is 3. The van der Waals surface area contributed by atoms with E-state index >= 15 is 0 Å². The van der Waals surface area contributed by atoms with E-state index < -0.39 is 15.9 Å². The molecule has 1 aromatic heterocycles. The topological polar surface area (TPSA) is 101 Å². The van der Waals surface area contributed by atoms with E-state index in [1.807, 2.05) is 0 Å². The Bertz CT molecular complexity index is 839. The highest BCUT2D eigenvalue weighted by Gasteiger charge is 2.17. The van der Waals surface area contributed by atoms with Crippen LogP contribution in [0.4, 0.5) is 17.1 Å². The molecule has 0 fully saturated rings. The summed E-state index contributed by atoms with van der Waals surface area (Å²) in [5.74, 6) is -0.470. The maximum Gasteiger partial charge on any atom is 0.278 e. The fraction of sp³-hybridized carbons (Fsp3) is 0.200. The zero-order chi connectivity index (χ0) is 17.7. The zero-order valence-corrected chi connectivity index (χ0v) is 14.3. The normalized spacial score (nSPS) is 11.0. The third-order valence-corrected chi connectivity index (χ3v) is 4.46. The lowest BCUT2D eigenvalue weighted by atomic mass is 10.2. The maximum absolute atomic E-state index is 12.0. The van der Waals surface area contributed by atoms with Crippen molar-refractivity contribution in [3.8, 4) is 0 Å². The molecule has 128 valence electrons. The maximum atomic E-state index is 12.0. The number of carbonyl (C=O) groups excluding carboxylic acids is 1. The first-order chi connectivity index (χ1) is 11.3.